The molecule has 0 spiro atoms. The Hall–Kier alpha value is -1.89. The molecule has 152 valence electrons. The van der Waals surface area contributed by atoms with Crippen LogP contribution in [0.15, 0.2) is 36.5 Å². The predicted octanol–water partition coefficient (Wildman–Crippen LogP) is 2.76. The van der Waals surface area contributed by atoms with Crippen molar-refractivity contribution in [3.05, 3.63) is 53.3 Å². The number of aromatic nitrogens is 2. The van der Waals surface area contributed by atoms with Crippen molar-refractivity contribution in [3.8, 4) is 0 Å². The number of halogens is 1. The monoisotopic (exact) mass is 403 g/mol. The Morgan fingerprint density at radius 3 is 2.57 bits per heavy atom. The molecule has 1 unspecified atom stereocenters. The Kier molecular flexibility index (Phi) is 7.48. The van der Waals surface area contributed by atoms with Crippen LogP contribution in [0.2, 0.25) is 0 Å². The molecule has 1 amide bonds. The van der Waals surface area contributed by atoms with Crippen molar-refractivity contribution in [3.63, 3.8) is 0 Å². The molecular weight excluding hydrogens is 374 g/mol. The molecular formula is C21H30ClN5O. The highest BCUT2D eigenvalue weighted by Crippen LogP contribution is 2.16. The van der Waals surface area contributed by atoms with Gasteiger partial charge in [0.15, 0.2) is 0 Å². The Morgan fingerprint density at radius 2 is 1.86 bits per heavy atom. The Balaban J connectivity index is 0.00000225. The number of piperidine rings is 1. The first kappa shape index (κ1) is 20.8. The first-order valence-corrected chi connectivity index (χ1v) is 10.1. The van der Waals surface area contributed by atoms with E-state index in [4.69, 9.17) is 0 Å². The molecule has 1 atom stereocenters. The minimum absolute atomic E-state index is 0. The van der Waals surface area contributed by atoms with Gasteiger partial charge in [-0.15, -0.1) is 12.4 Å². The van der Waals surface area contributed by atoms with Gasteiger partial charge in [0.25, 0.3) is 5.91 Å². The minimum atomic E-state index is -0.112. The van der Waals surface area contributed by atoms with Gasteiger partial charge in [0, 0.05) is 25.8 Å². The molecule has 1 aromatic heterocycles. The lowest BCUT2D eigenvalue weighted by molar-refractivity contribution is 0.0944. The lowest BCUT2D eigenvalue weighted by Crippen LogP contribution is -2.32. The third-order valence-electron chi connectivity index (χ3n) is 5.57. The van der Waals surface area contributed by atoms with Crippen molar-refractivity contribution in [1.29, 1.82) is 0 Å². The Bertz CT molecular complexity index is 748. The van der Waals surface area contributed by atoms with E-state index >= 15 is 0 Å². The molecule has 0 aliphatic carbocycles. The maximum absolute atomic E-state index is 12.4. The van der Waals surface area contributed by atoms with Gasteiger partial charge >= 0.3 is 0 Å². The lowest BCUT2D eigenvalue weighted by Gasteiger charge is -2.22. The number of carbonyl (C=O) groups excluding carboxylic acids is 1. The number of nitrogens with zero attached hydrogens (tertiary/aromatic N) is 3. The highest BCUT2D eigenvalue weighted by atomic mass is 35.5. The second kappa shape index (κ2) is 10.0. The van der Waals surface area contributed by atoms with E-state index in [1.807, 2.05) is 16.9 Å². The van der Waals surface area contributed by atoms with Gasteiger partial charge in [0.05, 0.1) is 6.04 Å². The zero-order valence-corrected chi connectivity index (χ0v) is 17.1. The summed E-state index contributed by atoms with van der Waals surface area (Å²) in [6, 6.07) is 10.7. The van der Waals surface area contributed by atoms with Crippen molar-refractivity contribution in [2.24, 2.45) is 0 Å². The molecule has 7 heteroatoms. The normalized spacial score (nSPS) is 19.9. The highest BCUT2D eigenvalue weighted by molar-refractivity contribution is 5.92. The number of hydrogen-bond donors (Lipinski definition) is 2. The molecule has 6 nitrogen and oxygen atoms in total. The van der Waals surface area contributed by atoms with Crippen LogP contribution in [0.5, 0.6) is 0 Å². The zero-order valence-electron chi connectivity index (χ0n) is 16.3. The van der Waals surface area contributed by atoms with Crippen LogP contribution in [0.25, 0.3) is 0 Å². The molecule has 0 bridgehead atoms. The summed E-state index contributed by atoms with van der Waals surface area (Å²) in [4.78, 5) is 14.9. The Labute approximate surface area is 173 Å². The van der Waals surface area contributed by atoms with Crippen molar-refractivity contribution in [1.82, 2.24) is 25.3 Å². The van der Waals surface area contributed by atoms with Crippen molar-refractivity contribution in [2.45, 2.75) is 44.8 Å². The summed E-state index contributed by atoms with van der Waals surface area (Å²) >= 11 is 0. The van der Waals surface area contributed by atoms with E-state index in [0.717, 1.165) is 38.0 Å². The summed E-state index contributed by atoms with van der Waals surface area (Å²) in [6.07, 6.45) is 6.81. The predicted molar refractivity (Wildman–Crippen MR) is 113 cm³/mol. The van der Waals surface area contributed by atoms with Crippen molar-refractivity contribution < 1.29 is 4.79 Å². The number of nitrogens with one attached hydrogen (secondary N) is 2. The molecule has 28 heavy (non-hydrogen) atoms. The van der Waals surface area contributed by atoms with Crippen LogP contribution in [0.3, 0.4) is 0 Å². The van der Waals surface area contributed by atoms with E-state index in [1.165, 1.54) is 31.5 Å². The first-order valence-electron chi connectivity index (χ1n) is 10.1. The van der Waals surface area contributed by atoms with E-state index in [2.05, 4.69) is 44.9 Å². The smallest absolute Gasteiger partial charge is 0.272 e. The number of likely N-dealkylation sites (tertiary alicyclic amines) is 1. The van der Waals surface area contributed by atoms with E-state index in [1.54, 1.807) is 0 Å². The van der Waals surface area contributed by atoms with E-state index < -0.39 is 0 Å². The number of amides is 1. The van der Waals surface area contributed by atoms with E-state index in [0.29, 0.717) is 18.3 Å². The summed E-state index contributed by atoms with van der Waals surface area (Å²) in [6.45, 7) is 5.97. The fraction of sp³-hybridized carbons (Fsp3) is 0.524. The van der Waals surface area contributed by atoms with Gasteiger partial charge in [-0.2, -0.15) is 5.10 Å². The van der Waals surface area contributed by atoms with Crippen LogP contribution in [0.1, 0.15) is 53.3 Å². The summed E-state index contributed by atoms with van der Waals surface area (Å²) < 4.78 is 1.92. The third-order valence-corrected chi connectivity index (χ3v) is 5.57. The van der Waals surface area contributed by atoms with Crippen molar-refractivity contribution >= 4 is 18.3 Å². The first-order chi connectivity index (χ1) is 13.3. The van der Waals surface area contributed by atoms with Crippen LogP contribution in [-0.4, -0.2) is 46.8 Å². The molecule has 3 heterocycles. The van der Waals surface area contributed by atoms with Gasteiger partial charge in [-0.05, 0) is 62.5 Å². The van der Waals surface area contributed by atoms with Gasteiger partial charge in [0.2, 0.25) is 0 Å². The summed E-state index contributed by atoms with van der Waals surface area (Å²) in [7, 11) is 0. The molecule has 2 fully saturated rings. The lowest BCUT2D eigenvalue weighted by atomic mass is 10.1. The highest BCUT2D eigenvalue weighted by Gasteiger charge is 2.17. The number of hydrogen-bond acceptors (Lipinski definition) is 4. The molecule has 0 saturated carbocycles. The SMILES string of the molecule is Cl.O=C(NCc1ccc(CN2CCCC2)cc1)c1ccn(C2CCCNC2)n1. The fourth-order valence-corrected chi connectivity index (χ4v) is 3.96. The summed E-state index contributed by atoms with van der Waals surface area (Å²) in [5, 5.41) is 10.8. The second-order valence-electron chi connectivity index (χ2n) is 7.66. The quantitative estimate of drug-likeness (QED) is 0.778. The average Bonchev–Trinajstić information content (AvgIpc) is 3.40. The maximum Gasteiger partial charge on any atom is 0.272 e. The Morgan fingerprint density at radius 1 is 1.11 bits per heavy atom. The van der Waals surface area contributed by atoms with Crippen LogP contribution < -0.4 is 10.6 Å². The largest absolute Gasteiger partial charge is 0.347 e. The van der Waals surface area contributed by atoms with Gasteiger partial charge in [-0.25, -0.2) is 0 Å². The van der Waals surface area contributed by atoms with Crippen molar-refractivity contribution in [2.75, 3.05) is 26.2 Å². The van der Waals surface area contributed by atoms with E-state index in [-0.39, 0.29) is 18.3 Å². The molecule has 0 radical (unpaired) electrons. The topological polar surface area (TPSA) is 62.2 Å². The zero-order chi connectivity index (χ0) is 18.5. The van der Waals surface area contributed by atoms with Gasteiger partial charge in [-0.1, -0.05) is 24.3 Å². The van der Waals surface area contributed by atoms with Crippen LogP contribution in [0, 0.1) is 0 Å². The number of rotatable bonds is 6. The third kappa shape index (κ3) is 5.34. The minimum Gasteiger partial charge on any atom is -0.347 e. The van der Waals surface area contributed by atoms with E-state index in [9.17, 15) is 4.79 Å². The number of carbonyl (C=O) groups is 1. The average molecular weight is 404 g/mol. The second-order valence-corrected chi connectivity index (χ2v) is 7.66. The number of benzene rings is 1. The molecule has 2 aliphatic rings. The molecule has 4 rings (SSSR count). The summed E-state index contributed by atoms with van der Waals surface area (Å²) in [5.74, 6) is -0.112. The van der Waals surface area contributed by atoms with Crippen LogP contribution in [0.4, 0.5) is 0 Å². The maximum atomic E-state index is 12.4. The molecule has 1 aromatic carbocycles. The standard InChI is InChI=1S/C21H29N5O.ClH/c27-21(20-9-13-26(24-20)19-4-3-10-22-15-19)23-14-17-5-7-18(8-6-17)16-25-11-1-2-12-25;/h5-9,13,19,22H,1-4,10-12,14-16H2,(H,23,27);1H. The van der Waals surface area contributed by atoms with Gasteiger partial charge in [-0.3, -0.25) is 14.4 Å². The summed E-state index contributed by atoms with van der Waals surface area (Å²) in [5.41, 5.74) is 2.95. The molecule has 2 aromatic rings. The van der Waals surface area contributed by atoms with Crippen LogP contribution in [-0.2, 0) is 13.1 Å². The fourth-order valence-electron chi connectivity index (χ4n) is 3.96. The van der Waals surface area contributed by atoms with Gasteiger partial charge < -0.3 is 10.6 Å². The van der Waals surface area contributed by atoms with Crippen LogP contribution >= 0.6 is 12.4 Å². The molecule has 2 N–H and O–H groups in total. The molecule has 2 aliphatic heterocycles. The molecule has 2 saturated heterocycles. The van der Waals surface area contributed by atoms with Gasteiger partial charge in [0.1, 0.15) is 5.69 Å².